The topological polar surface area (TPSA) is 54.0 Å². The molecule has 1 rings (SSSR count). The molecule has 1 aromatic rings. The highest BCUT2D eigenvalue weighted by Gasteiger charge is 2.13. The first kappa shape index (κ1) is 13.8. The van der Waals surface area contributed by atoms with E-state index in [9.17, 15) is 4.79 Å². The van der Waals surface area contributed by atoms with Crippen molar-refractivity contribution in [3.8, 4) is 0 Å². The lowest BCUT2D eigenvalue weighted by molar-refractivity contribution is 0.0944. The van der Waals surface area contributed by atoms with Gasteiger partial charge in [-0.2, -0.15) is 11.8 Å². The third-order valence-electron chi connectivity index (χ3n) is 2.35. The molecule has 94 valence electrons. The third kappa shape index (κ3) is 3.93. The second-order valence-electron chi connectivity index (χ2n) is 3.95. The first-order valence-corrected chi connectivity index (χ1v) is 6.92. The number of aryl methyl sites for hydroxylation is 1. The van der Waals surface area contributed by atoms with Crippen LogP contribution >= 0.6 is 11.8 Å². The molecule has 1 aromatic heterocycles. The Morgan fingerprint density at radius 2 is 2.29 bits per heavy atom. The van der Waals surface area contributed by atoms with Crippen LogP contribution in [0, 0.1) is 6.92 Å². The second kappa shape index (κ2) is 6.49. The molecule has 0 spiro atoms. The Balaban J connectivity index is 2.81. The summed E-state index contributed by atoms with van der Waals surface area (Å²) in [7, 11) is 1.80. The number of aromatic nitrogens is 1. The van der Waals surface area contributed by atoms with Crippen molar-refractivity contribution in [1.82, 2.24) is 10.3 Å². The Hall–Kier alpha value is -1.23. The van der Waals surface area contributed by atoms with Gasteiger partial charge in [-0.15, -0.1) is 0 Å². The molecule has 17 heavy (non-hydrogen) atoms. The Labute approximate surface area is 107 Å². The highest BCUT2D eigenvalue weighted by molar-refractivity contribution is 7.98. The van der Waals surface area contributed by atoms with Crippen molar-refractivity contribution in [1.29, 1.82) is 0 Å². The summed E-state index contributed by atoms with van der Waals surface area (Å²) < 4.78 is 0. The van der Waals surface area contributed by atoms with Crippen LogP contribution in [0.3, 0.4) is 0 Å². The number of carbonyl (C=O) groups excluding carboxylic acids is 1. The molecule has 5 heteroatoms. The van der Waals surface area contributed by atoms with Crippen molar-refractivity contribution >= 4 is 23.4 Å². The van der Waals surface area contributed by atoms with E-state index in [1.807, 2.05) is 26.2 Å². The van der Waals surface area contributed by atoms with Crippen LogP contribution in [0.4, 0.5) is 5.69 Å². The normalized spacial score (nSPS) is 12.0. The number of rotatable bonds is 5. The van der Waals surface area contributed by atoms with Gasteiger partial charge in [0.25, 0.3) is 5.91 Å². The van der Waals surface area contributed by atoms with Crippen molar-refractivity contribution in [3.63, 3.8) is 0 Å². The fourth-order valence-electron chi connectivity index (χ4n) is 1.54. The molecule has 0 radical (unpaired) electrons. The standard InChI is InChI=1S/C12H19N3OS/c1-8-5-11(13-3)10(6-14-8)12(16)15-9(2)7-17-4/h5-6,9H,7H2,1-4H3,(H,13,14)(H,15,16). The Kier molecular flexibility index (Phi) is 5.28. The minimum atomic E-state index is -0.0802. The SMILES string of the molecule is CNc1cc(C)ncc1C(=O)NC(C)CSC. The number of pyridine rings is 1. The van der Waals surface area contributed by atoms with Crippen LogP contribution < -0.4 is 10.6 Å². The fourth-order valence-corrected chi connectivity index (χ4v) is 2.12. The number of amides is 1. The van der Waals surface area contributed by atoms with Gasteiger partial charge in [0.05, 0.1) is 11.3 Å². The number of nitrogens with zero attached hydrogens (tertiary/aromatic N) is 1. The largest absolute Gasteiger partial charge is 0.387 e. The van der Waals surface area contributed by atoms with Crippen LogP contribution in [-0.2, 0) is 0 Å². The average molecular weight is 253 g/mol. The molecule has 1 unspecified atom stereocenters. The van der Waals surface area contributed by atoms with Crippen LogP contribution in [0.2, 0.25) is 0 Å². The van der Waals surface area contributed by atoms with E-state index >= 15 is 0 Å². The average Bonchev–Trinajstić information content (AvgIpc) is 2.28. The van der Waals surface area contributed by atoms with Gasteiger partial charge in [-0.1, -0.05) is 0 Å². The predicted octanol–water partition coefficient (Wildman–Crippen LogP) is 1.91. The smallest absolute Gasteiger partial charge is 0.255 e. The molecule has 0 aliphatic heterocycles. The summed E-state index contributed by atoms with van der Waals surface area (Å²) in [5.41, 5.74) is 2.29. The van der Waals surface area contributed by atoms with Gasteiger partial charge >= 0.3 is 0 Å². The van der Waals surface area contributed by atoms with E-state index in [2.05, 4.69) is 15.6 Å². The Morgan fingerprint density at radius 3 is 2.88 bits per heavy atom. The summed E-state index contributed by atoms with van der Waals surface area (Å²) in [4.78, 5) is 16.2. The molecule has 0 aromatic carbocycles. The zero-order valence-electron chi connectivity index (χ0n) is 10.7. The van der Waals surface area contributed by atoms with Gasteiger partial charge in [0.1, 0.15) is 0 Å². The third-order valence-corrected chi connectivity index (χ3v) is 3.18. The monoisotopic (exact) mass is 253 g/mol. The Morgan fingerprint density at radius 1 is 1.59 bits per heavy atom. The molecule has 0 aliphatic rings. The number of thioether (sulfide) groups is 1. The van der Waals surface area contributed by atoms with Crippen molar-refractivity contribution < 1.29 is 4.79 Å². The van der Waals surface area contributed by atoms with Gasteiger partial charge in [0, 0.05) is 30.7 Å². The van der Waals surface area contributed by atoms with Crippen LogP contribution in [-0.4, -0.2) is 36.0 Å². The molecule has 1 atom stereocenters. The van der Waals surface area contributed by atoms with Crippen LogP contribution in [0.1, 0.15) is 23.0 Å². The molecule has 4 nitrogen and oxygen atoms in total. The van der Waals surface area contributed by atoms with Gasteiger partial charge in [0.2, 0.25) is 0 Å². The van der Waals surface area contributed by atoms with E-state index in [1.54, 1.807) is 25.0 Å². The van der Waals surface area contributed by atoms with Crippen molar-refractivity contribution in [2.45, 2.75) is 19.9 Å². The highest BCUT2D eigenvalue weighted by Crippen LogP contribution is 2.15. The summed E-state index contributed by atoms with van der Waals surface area (Å²) in [5.74, 6) is 0.823. The van der Waals surface area contributed by atoms with Crippen LogP contribution in [0.5, 0.6) is 0 Å². The summed E-state index contributed by atoms with van der Waals surface area (Å²) in [6.07, 6.45) is 3.64. The molecule has 0 saturated heterocycles. The lowest BCUT2D eigenvalue weighted by atomic mass is 10.2. The molecule has 0 bridgehead atoms. The zero-order valence-corrected chi connectivity index (χ0v) is 11.5. The van der Waals surface area contributed by atoms with Gasteiger partial charge in [-0.3, -0.25) is 9.78 Å². The van der Waals surface area contributed by atoms with E-state index in [0.717, 1.165) is 17.1 Å². The van der Waals surface area contributed by atoms with Crippen LogP contribution in [0.15, 0.2) is 12.3 Å². The van der Waals surface area contributed by atoms with Crippen LogP contribution in [0.25, 0.3) is 0 Å². The summed E-state index contributed by atoms with van der Waals surface area (Å²) >= 11 is 1.71. The van der Waals surface area contributed by atoms with Gasteiger partial charge in [0.15, 0.2) is 0 Å². The predicted molar refractivity (Wildman–Crippen MR) is 73.8 cm³/mol. The minimum absolute atomic E-state index is 0.0802. The van der Waals surface area contributed by atoms with E-state index < -0.39 is 0 Å². The molecule has 2 N–H and O–H groups in total. The summed E-state index contributed by atoms with van der Waals surface area (Å²) in [6.45, 7) is 3.90. The van der Waals surface area contributed by atoms with E-state index in [4.69, 9.17) is 0 Å². The van der Waals surface area contributed by atoms with E-state index in [0.29, 0.717) is 5.56 Å². The number of hydrogen-bond donors (Lipinski definition) is 2. The molecule has 0 fully saturated rings. The second-order valence-corrected chi connectivity index (χ2v) is 4.86. The highest BCUT2D eigenvalue weighted by atomic mass is 32.2. The summed E-state index contributed by atoms with van der Waals surface area (Å²) in [6, 6.07) is 2.03. The fraction of sp³-hybridized carbons (Fsp3) is 0.500. The molecule has 1 amide bonds. The first-order valence-electron chi connectivity index (χ1n) is 5.52. The first-order chi connectivity index (χ1) is 8.08. The maximum atomic E-state index is 12.0. The van der Waals surface area contributed by atoms with Gasteiger partial charge < -0.3 is 10.6 Å². The number of hydrogen-bond acceptors (Lipinski definition) is 4. The summed E-state index contributed by atoms with van der Waals surface area (Å²) in [5, 5.41) is 5.97. The molecule has 1 heterocycles. The van der Waals surface area contributed by atoms with E-state index in [1.165, 1.54) is 0 Å². The lowest BCUT2D eigenvalue weighted by Gasteiger charge is -2.14. The minimum Gasteiger partial charge on any atom is -0.387 e. The maximum absolute atomic E-state index is 12.0. The zero-order chi connectivity index (χ0) is 12.8. The molecular weight excluding hydrogens is 234 g/mol. The number of anilines is 1. The number of carbonyl (C=O) groups is 1. The van der Waals surface area contributed by atoms with Crippen molar-refractivity contribution in [3.05, 3.63) is 23.5 Å². The molecule has 0 aliphatic carbocycles. The van der Waals surface area contributed by atoms with Crippen molar-refractivity contribution in [2.24, 2.45) is 0 Å². The number of nitrogens with one attached hydrogen (secondary N) is 2. The molecular formula is C12H19N3OS. The maximum Gasteiger partial charge on any atom is 0.255 e. The lowest BCUT2D eigenvalue weighted by Crippen LogP contribution is -2.34. The van der Waals surface area contributed by atoms with Crippen molar-refractivity contribution in [2.75, 3.05) is 24.4 Å². The quantitative estimate of drug-likeness (QED) is 0.841. The van der Waals surface area contributed by atoms with Gasteiger partial charge in [-0.05, 0) is 26.2 Å². The molecule has 0 saturated carbocycles. The van der Waals surface area contributed by atoms with Gasteiger partial charge in [-0.25, -0.2) is 0 Å². The Bertz CT molecular complexity index is 395. The van der Waals surface area contributed by atoms with E-state index in [-0.39, 0.29) is 11.9 Å².